The van der Waals surface area contributed by atoms with Crippen molar-refractivity contribution in [3.05, 3.63) is 23.8 Å². The van der Waals surface area contributed by atoms with Gasteiger partial charge in [-0.2, -0.15) is 0 Å². The predicted molar refractivity (Wildman–Crippen MR) is 131 cm³/mol. The zero-order valence-electron chi connectivity index (χ0n) is 20.6. The lowest BCUT2D eigenvalue weighted by Crippen LogP contribution is -2.54. The van der Waals surface area contributed by atoms with Gasteiger partial charge in [0.1, 0.15) is 18.5 Å². The van der Waals surface area contributed by atoms with E-state index in [1.807, 2.05) is 0 Å². The number of likely N-dealkylation sites (N-methyl/N-ethyl adjacent to an activating group) is 1. The number of fused-ring (bicyclic) bond motifs is 2. The number of rotatable bonds is 6. The maximum Gasteiger partial charge on any atom is 0.257 e. The molecule has 8 heteroatoms. The van der Waals surface area contributed by atoms with Crippen molar-refractivity contribution in [3.63, 3.8) is 0 Å². The van der Waals surface area contributed by atoms with Gasteiger partial charge in [-0.25, -0.2) is 0 Å². The highest BCUT2D eigenvalue weighted by molar-refractivity contribution is 6.00. The summed E-state index contributed by atoms with van der Waals surface area (Å²) in [4.78, 5) is 39.8. The molecule has 2 N–H and O–H groups in total. The van der Waals surface area contributed by atoms with E-state index in [4.69, 9.17) is 9.47 Å². The van der Waals surface area contributed by atoms with Crippen molar-refractivity contribution < 1.29 is 23.9 Å². The Bertz CT molecular complexity index is 956. The number of benzene rings is 1. The van der Waals surface area contributed by atoms with Crippen LogP contribution in [-0.4, -0.2) is 61.1 Å². The zero-order chi connectivity index (χ0) is 24.4. The lowest BCUT2D eigenvalue weighted by Gasteiger charge is -2.42. The van der Waals surface area contributed by atoms with E-state index in [1.54, 1.807) is 30.1 Å². The van der Waals surface area contributed by atoms with E-state index in [2.05, 4.69) is 10.6 Å². The molecule has 190 valence electrons. The van der Waals surface area contributed by atoms with Crippen LogP contribution in [0, 0.1) is 11.8 Å². The summed E-state index contributed by atoms with van der Waals surface area (Å²) in [5.41, 5.74) is 1.06. The average Bonchev–Trinajstić information content (AvgIpc) is 3.72. The van der Waals surface area contributed by atoms with Gasteiger partial charge in [0, 0.05) is 25.2 Å². The molecule has 2 aliphatic carbocycles. The number of nitrogens with one attached hydrogen (secondary N) is 2. The van der Waals surface area contributed by atoms with Gasteiger partial charge < -0.3 is 25.0 Å². The zero-order valence-corrected chi connectivity index (χ0v) is 20.6. The van der Waals surface area contributed by atoms with Crippen molar-refractivity contribution in [1.29, 1.82) is 0 Å². The average molecular weight is 484 g/mol. The third-order valence-corrected chi connectivity index (χ3v) is 7.95. The van der Waals surface area contributed by atoms with Crippen LogP contribution in [0.1, 0.15) is 74.6 Å². The van der Waals surface area contributed by atoms with Gasteiger partial charge in [-0.3, -0.25) is 14.4 Å². The van der Waals surface area contributed by atoms with Gasteiger partial charge >= 0.3 is 0 Å². The maximum atomic E-state index is 13.3. The summed E-state index contributed by atoms with van der Waals surface area (Å²) in [6, 6.07) is 5.09. The maximum absolute atomic E-state index is 13.3. The molecule has 35 heavy (non-hydrogen) atoms. The smallest absolute Gasteiger partial charge is 0.257 e. The highest BCUT2D eigenvalue weighted by Crippen LogP contribution is 2.34. The van der Waals surface area contributed by atoms with E-state index in [0.717, 1.165) is 32.2 Å². The summed E-state index contributed by atoms with van der Waals surface area (Å²) in [6.07, 6.45) is 9.45. The van der Waals surface area contributed by atoms with E-state index < -0.39 is 0 Å². The third-order valence-electron chi connectivity index (χ3n) is 7.95. The Hall–Kier alpha value is -2.61. The fourth-order valence-corrected chi connectivity index (χ4v) is 5.62. The first-order valence-electron chi connectivity index (χ1n) is 13.2. The molecule has 5 rings (SSSR count). The minimum atomic E-state index is -0.295. The normalized spacial score (nSPS) is 27.1. The van der Waals surface area contributed by atoms with E-state index >= 15 is 0 Å². The quantitative estimate of drug-likeness (QED) is 0.646. The highest BCUT2D eigenvalue weighted by atomic mass is 16.5. The molecule has 0 unspecified atom stereocenters. The van der Waals surface area contributed by atoms with Crippen LogP contribution < -0.4 is 15.4 Å². The number of nitrogens with zero attached hydrogens (tertiary/aromatic N) is 1. The molecule has 1 aromatic carbocycles. The highest BCUT2D eigenvalue weighted by Gasteiger charge is 2.39. The number of carbonyl (C=O) groups is 3. The van der Waals surface area contributed by atoms with Gasteiger partial charge in [-0.05, 0) is 62.6 Å². The summed E-state index contributed by atoms with van der Waals surface area (Å²) in [7, 11) is 1.80. The molecule has 2 heterocycles. The summed E-state index contributed by atoms with van der Waals surface area (Å²) in [5.74, 6) is 1.08. The number of hydrogen-bond donors (Lipinski definition) is 2. The Morgan fingerprint density at radius 3 is 2.63 bits per heavy atom. The molecule has 0 aromatic heterocycles. The van der Waals surface area contributed by atoms with Crippen LogP contribution in [-0.2, 0) is 14.3 Å². The second-order valence-electron chi connectivity index (χ2n) is 10.7. The molecule has 1 aromatic rings. The second kappa shape index (κ2) is 10.6. The summed E-state index contributed by atoms with van der Waals surface area (Å²) in [6.45, 7) is 1.07. The number of ether oxygens (including phenoxy) is 2. The van der Waals surface area contributed by atoms with Crippen molar-refractivity contribution in [3.8, 4) is 5.75 Å². The number of hydrogen-bond acceptors (Lipinski definition) is 5. The first-order chi connectivity index (χ1) is 17.0. The van der Waals surface area contributed by atoms with Crippen molar-refractivity contribution in [1.82, 2.24) is 10.2 Å². The van der Waals surface area contributed by atoms with Crippen molar-refractivity contribution in [2.24, 2.45) is 11.8 Å². The number of anilines is 1. The van der Waals surface area contributed by atoms with E-state index in [9.17, 15) is 14.4 Å². The van der Waals surface area contributed by atoms with Crippen LogP contribution in [0.5, 0.6) is 5.75 Å². The Labute approximate surface area is 207 Å². The Morgan fingerprint density at radius 2 is 1.86 bits per heavy atom. The molecule has 1 saturated heterocycles. The Kier molecular flexibility index (Phi) is 7.27. The first kappa shape index (κ1) is 24.1. The molecule has 3 amide bonds. The first-order valence-corrected chi connectivity index (χ1v) is 13.2. The van der Waals surface area contributed by atoms with E-state index in [0.29, 0.717) is 35.9 Å². The van der Waals surface area contributed by atoms with Gasteiger partial charge in [0.05, 0.1) is 24.1 Å². The van der Waals surface area contributed by atoms with Crippen molar-refractivity contribution in [2.45, 2.75) is 82.5 Å². The van der Waals surface area contributed by atoms with Crippen LogP contribution in [0.3, 0.4) is 0 Å². The SMILES string of the molecule is CN1C(=O)c2cc(NC(=O)C3CC3)ccc2OC[C@@H]2O[C@@H](CC(=O)NCC3CCCCC3)CC[C@H]21. The largest absolute Gasteiger partial charge is 0.490 e. The molecule has 0 radical (unpaired) electrons. The molecule has 4 aliphatic rings. The van der Waals surface area contributed by atoms with Crippen LogP contribution in [0.25, 0.3) is 0 Å². The molecule has 3 fully saturated rings. The molecule has 0 bridgehead atoms. The molecule has 3 atom stereocenters. The molecule has 8 nitrogen and oxygen atoms in total. The predicted octanol–water partition coefficient (Wildman–Crippen LogP) is 3.50. The van der Waals surface area contributed by atoms with Gasteiger partial charge in [0.2, 0.25) is 11.8 Å². The summed E-state index contributed by atoms with van der Waals surface area (Å²) in [5, 5.41) is 6.02. The molecule has 2 aliphatic heterocycles. The minimum absolute atomic E-state index is 0.00656. The van der Waals surface area contributed by atoms with Crippen LogP contribution in [0.15, 0.2) is 18.2 Å². The monoisotopic (exact) mass is 483 g/mol. The molecular formula is C27H37N3O5. The van der Waals surface area contributed by atoms with Crippen LogP contribution in [0.2, 0.25) is 0 Å². The topological polar surface area (TPSA) is 97.0 Å². The second-order valence-corrected chi connectivity index (χ2v) is 10.7. The van der Waals surface area contributed by atoms with Crippen molar-refractivity contribution in [2.75, 3.05) is 25.5 Å². The van der Waals surface area contributed by atoms with Gasteiger partial charge in [-0.1, -0.05) is 19.3 Å². The minimum Gasteiger partial charge on any atom is -0.490 e. The van der Waals surface area contributed by atoms with E-state index in [1.165, 1.54) is 32.1 Å². The van der Waals surface area contributed by atoms with Crippen molar-refractivity contribution >= 4 is 23.4 Å². The molecule has 0 spiro atoms. The fourth-order valence-electron chi connectivity index (χ4n) is 5.62. The lowest BCUT2D eigenvalue weighted by atomic mass is 9.89. The van der Waals surface area contributed by atoms with E-state index in [-0.39, 0.29) is 41.9 Å². The molecular weight excluding hydrogens is 446 g/mol. The third kappa shape index (κ3) is 5.80. The fraction of sp³-hybridized carbons (Fsp3) is 0.667. The van der Waals surface area contributed by atoms with Gasteiger partial charge in [-0.15, -0.1) is 0 Å². The Balaban J connectivity index is 1.19. The summed E-state index contributed by atoms with van der Waals surface area (Å²) >= 11 is 0. The number of carbonyl (C=O) groups excluding carboxylic acids is 3. The standard InChI is InChI=1S/C27H37N3O5/c1-30-22-11-10-20(14-25(31)28-15-17-5-3-2-4-6-17)35-24(22)16-34-23-12-9-19(13-21(23)27(30)33)29-26(32)18-7-8-18/h9,12-13,17-18,20,22,24H,2-8,10-11,14-16H2,1H3,(H,28,31)(H,29,32)/t20-,22-,24+/m1/s1. The van der Waals surface area contributed by atoms with Gasteiger partial charge in [0.25, 0.3) is 5.91 Å². The number of amides is 3. The molecule has 2 saturated carbocycles. The Morgan fingerprint density at radius 1 is 1.06 bits per heavy atom. The van der Waals surface area contributed by atoms with Crippen LogP contribution >= 0.6 is 0 Å². The summed E-state index contributed by atoms with van der Waals surface area (Å²) < 4.78 is 12.3. The van der Waals surface area contributed by atoms with Crippen LogP contribution in [0.4, 0.5) is 5.69 Å². The lowest BCUT2D eigenvalue weighted by molar-refractivity contribution is -0.134. The van der Waals surface area contributed by atoms with Gasteiger partial charge in [0.15, 0.2) is 0 Å².